The third kappa shape index (κ3) is 5.89. The maximum atomic E-state index is 13.1. The van der Waals surface area contributed by atoms with E-state index >= 15 is 0 Å². The van der Waals surface area contributed by atoms with Crippen molar-refractivity contribution in [2.75, 3.05) is 20.1 Å². The number of aromatic nitrogens is 1. The minimum atomic E-state index is 0.0874. The number of rotatable bonds is 8. The third-order valence-electron chi connectivity index (χ3n) is 6.68. The van der Waals surface area contributed by atoms with E-state index in [9.17, 15) is 9.59 Å². The van der Waals surface area contributed by atoms with Gasteiger partial charge in [0.15, 0.2) is 0 Å². The van der Waals surface area contributed by atoms with Crippen LogP contribution in [0.2, 0.25) is 0 Å². The number of amides is 2. The summed E-state index contributed by atoms with van der Waals surface area (Å²) in [5, 5.41) is 1.95. The number of thiophene rings is 1. The van der Waals surface area contributed by atoms with E-state index in [0.717, 1.165) is 49.3 Å². The lowest BCUT2D eigenvalue weighted by Gasteiger charge is -2.40. The molecule has 2 aromatic heterocycles. The van der Waals surface area contributed by atoms with Gasteiger partial charge in [0.05, 0.1) is 16.1 Å². The molecule has 1 aliphatic heterocycles. The highest BCUT2D eigenvalue weighted by molar-refractivity contribution is 7.12. The highest BCUT2D eigenvalue weighted by atomic mass is 32.1. The molecule has 0 bridgehead atoms. The van der Waals surface area contributed by atoms with Crippen molar-refractivity contribution in [3.8, 4) is 0 Å². The predicted octanol–water partition coefficient (Wildman–Crippen LogP) is 5.07. The van der Waals surface area contributed by atoms with Crippen LogP contribution in [0.15, 0.2) is 53.4 Å². The van der Waals surface area contributed by atoms with Gasteiger partial charge in [-0.2, -0.15) is 0 Å². The van der Waals surface area contributed by atoms with E-state index in [-0.39, 0.29) is 17.9 Å². The van der Waals surface area contributed by atoms with Gasteiger partial charge in [-0.3, -0.25) is 9.59 Å². The van der Waals surface area contributed by atoms with Crippen LogP contribution in [0, 0.1) is 12.8 Å². The van der Waals surface area contributed by atoms with Gasteiger partial charge in [-0.15, -0.1) is 22.7 Å². The van der Waals surface area contributed by atoms with Gasteiger partial charge >= 0.3 is 0 Å². The summed E-state index contributed by atoms with van der Waals surface area (Å²) in [7, 11) is 1.94. The van der Waals surface area contributed by atoms with Crippen LogP contribution in [0.25, 0.3) is 0 Å². The SMILES string of the molecule is Cc1ncsc1CCC(=O)N1CCC([C@H](Cc2ccccc2)N(C)C(=O)c2cccs2)CC1. The Bertz CT molecular complexity index is 1040. The zero-order valence-corrected chi connectivity index (χ0v) is 20.9. The smallest absolute Gasteiger partial charge is 0.263 e. The Hall–Kier alpha value is -2.51. The molecule has 7 heteroatoms. The molecular weight excluding hydrogens is 450 g/mol. The number of aryl methyl sites for hydroxylation is 2. The molecule has 33 heavy (non-hydrogen) atoms. The molecule has 0 spiro atoms. The average molecular weight is 482 g/mol. The summed E-state index contributed by atoms with van der Waals surface area (Å²) in [6.45, 7) is 3.53. The zero-order valence-electron chi connectivity index (χ0n) is 19.3. The second-order valence-electron chi connectivity index (χ2n) is 8.73. The molecule has 1 aromatic carbocycles. The van der Waals surface area contributed by atoms with Gasteiger partial charge in [0.25, 0.3) is 5.91 Å². The Labute approximate surface area is 204 Å². The van der Waals surface area contributed by atoms with Crippen molar-refractivity contribution in [2.45, 2.75) is 45.1 Å². The van der Waals surface area contributed by atoms with E-state index in [4.69, 9.17) is 0 Å². The van der Waals surface area contributed by atoms with Crippen molar-refractivity contribution in [3.63, 3.8) is 0 Å². The monoisotopic (exact) mass is 481 g/mol. The molecule has 3 heterocycles. The highest BCUT2D eigenvalue weighted by Crippen LogP contribution is 2.28. The van der Waals surface area contributed by atoms with Crippen molar-refractivity contribution >= 4 is 34.5 Å². The van der Waals surface area contributed by atoms with Gasteiger partial charge in [-0.1, -0.05) is 36.4 Å². The van der Waals surface area contributed by atoms with Crippen molar-refractivity contribution in [1.29, 1.82) is 0 Å². The molecule has 5 nitrogen and oxygen atoms in total. The van der Waals surface area contributed by atoms with Crippen LogP contribution in [-0.2, 0) is 17.6 Å². The first-order chi connectivity index (χ1) is 16.0. The number of likely N-dealkylation sites (tertiary alicyclic amines) is 1. The lowest BCUT2D eigenvalue weighted by atomic mass is 9.84. The molecule has 1 saturated heterocycles. The fraction of sp³-hybridized carbons (Fsp3) is 0.423. The summed E-state index contributed by atoms with van der Waals surface area (Å²) in [6, 6.07) is 14.3. The molecule has 1 fully saturated rings. The van der Waals surface area contributed by atoms with E-state index in [0.29, 0.717) is 12.3 Å². The zero-order chi connectivity index (χ0) is 23.2. The van der Waals surface area contributed by atoms with Crippen LogP contribution in [0.3, 0.4) is 0 Å². The van der Waals surface area contributed by atoms with Crippen molar-refractivity contribution < 1.29 is 9.59 Å². The normalized spacial score (nSPS) is 15.4. The third-order valence-corrected chi connectivity index (χ3v) is 8.54. The number of hydrogen-bond acceptors (Lipinski definition) is 5. The van der Waals surface area contributed by atoms with Gasteiger partial charge in [0.2, 0.25) is 5.91 Å². The molecule has 1 aliphatic rings. The fourth-order valence-corrected chi connectivity index (χ4v) is 6.17. The molecule has 4 rings (SSSR count). The van der Waals surface area contributed by atoms with Crippen LogP contribution in [0.1, 0.15) is 45.1 Å². The predicted molar refractivity (Wildman–Crippen MR) is 135 cm³/mol. The first-order valence-corrected chi connectivity index (χ1v) is 13.3. The molecule has 0 radical (unpaired) electrons. The Morgan fingerprint density at radius 3 is 2.52 bits per heavy atom. The fourth-order valence-electron chi connectivity index (χ4n) is 4.68. The van der Waals surface area contributed by atoms with E-state index in [1.165, 1.54) is 21.8 Å². The number of thiazole rings is 1. The topological polar surface area (TPSA) is 53.5 Å². The molecular formula is C26H31N3O2S2. The summed E-state index contributed by atoms with van der Waals surface area (Å²) in [5.74, 6) is 0.681. The van der Waals surface area contributed by atoms with Crippen molar-refractivity contribution in [3.05, 3.63) is 74.4 Å². The number of carbonyl (C=O) groups is 2. The van der Waals surface area contributed by atoms with Gasteiger partial charge in [0, 0.05) is 37.5 Å². The lowest BCUT2D eigenvalue weighted by Crippen LogP contribution is -2.48. The van der Waals surface area contributed by atoms with E-state index < -0.39 is 0 Å². The summed E-state index contributed by atoms with van der Waals surface area (Å²) < 4.78 is 0. The first kappa shape index (κ1) is 23.6. The van der Waals surface area contributed by atoms with Crippen molar-refractivity contribution in [1.82, 2.24) is 14.8 Å². The van der Waals surface area contributed by atoms with Gasteiger partial charge in [-0.25, -0.2) is 4.98 Å². The lowest BCUT2D eigenvalue weighted by molar-refractivity contribution is -0.132. The average Bonchev–Trinajstić information content (AvgIpc) is 3.53. The van der Waals surface area contributed by atoms with Crippen LogP contribution >= 0.6 is 22.7 Å². The second kappa shape index (κ2) is 11.1. The molecule has 2 amide bonds. The largest absolute Gasteiger partial charge is 0.343 e. The van der Waals surface area contributed by atoms with Crippen LogP contribution in [0.5, 0.6) is 0 Å². The van der Waals surface area contributed by atoms with Gasteiger partial charge < -0.3 is 9.80 Å². The van der Waals surface area contributed by atoms with Crippen LogP contribution in [-0.4, -0.2) is 52.8 Å². The van der Waals surface area contributed by atoms with E-state index in [1.807, 2.05) is 52.9 Å². The minimum absolute atomic E-state index is 0.0874. The standard InChI is InChI=1S/C26H31N3O2S2/c1-19-23(33-18-27-19)10-11-25(30)29-14-12-21(13-15-29)22(17-20-7-4-3-5-8-20)28(2)26(31)24-9-6-16-32-24/h3-9,16,18,21-22H,10-15,17H2,1-2H3/t22-/m0/s1. The number of benzene rings is 1. The summed E-state index contributed by atoms with van der Waals surface area (Å²) in [6.07, 6.45) is 3.98. The Kier molecular flexibility index (Phi) is 7.93. The van der Waals surface area contributed by atoms with E-state index in [2.05, 4.69) is 29.2 Å². The number of carbonyl (C=O) groups excluding carboxylic acids is 2. The van der Waals surface area contributed by atoms with Crippen LogP contribution in [0.4, 0.5) is 0 Å². The Balaban J connectivity index is 1.39. The first-order valence-electron chi connectivity index (χ1n) is 11.5. The number of hydrogen-bond donors (Lipinski definition) is 0. The summed E-state index contributed by atoms with van der Waals surface area (Å²) >= 11 is 3.12. The number of nitrogens with zero attached hydrogens (tertiary/aromatic N) is 3. The minimum Gasteiger partial charge on any atom is -0.343 e. The maximum absolute atomic E-state index is 13.1. The van der Waals surface area contributed by atoms with Crippen molar-refractivity contribution in [2.24, 2.45) is 5.92 Å². The Morgan fingerprint density at radius 2 is 1.88 bits per heavy atom. The molecule has 0 N–H and O–H groups in total. The molecule has 0 saturated carbocycles. The molecule has 0 unspecified atom stereocenters. The molecule has 0 aliphatic carbocycles. The maximum Gasteiger partial charge on any atom is 0.263 e. The summed E-state index contributed by atoms with van der Waals surface area (Å²) in [5.41, 5.74) is 4.13. The molecule has 174 valence electrons. The van der Waals surface area contributed by atoms with E-state index in [1.54, 1.807) is 11.3 Å². The quantitative estimate of drug-likeness (QED) is 0.451. The molecule has 1 atom stereocenters. The van der Waals surface area contributed by atoms with Gasteiger partial charge in [-0.05, 0) is 55.5 Å². The summed E-state index contributed by atoms with van der Waals surface area (Å²) in [4.78, 5) is 36.2. The van der Waals surface area contributed by atoms with Crippen LogP contribution < -0.4 is 0 Å². The van der Waals surface area contributed by atoms with Gasteiger partial charge in [0.1, 0.15) is 0 Å². The second-order valence-corrected chi connectivity index (χ2v) is 10.6. The number of likely N-dealkylation sites (N-methyl/N-ethyl adjacent to an activating group) is 1. The molecule has 3 aromatic rings. The highest BCUT2D eigenvalue weighted by Gasteiger charge is 2.33. The number of piperidine rings is 1. The Morgan fingerprint density at radius 1 is 1.12 bits per heavy atom.